The van der Waals surface area contributed by atoms with Crippen molar-refractivity contribution >= 4 is 23.6 Å². The summed E-state index contributed by atoms with van der Waals surface area (Å²) in [7, 11) is 0. The molecule has 26 heavy (non-hydrogen) atoms. The number of aryl methyl sites for hydroxylation is 1. The Morgan fingerprint density at radius 2 is 1.92 bits per heavy atom. The molecule has 1 fully saturated rings. The SMILES string of the molecule is Cc1ccc(NC(=O)NCC2CCCN(CC(=O)NCC(=O)O)C2)cc1. The van der Waals surface area contributed by atoms with Gasteiger partial charge >= 0.3 is 12.0 Å². The third-order valence-corrected chi connectivity index (χ3v) is 4.27. The van der Waals surface area contributed by atoms with Gasteiger partial charge in [-0.15, -0.1) is 0 Å². The molecule has 1 heterocycles. The number of carboxylic acid groups (broad SMARTS) is 1. The molecular weight excluding hydrogens is 336 g/mol. The maximum absolute atomic E-state index is 12.0. The zero-order valence-electron chi connectivity index (χ0n) is 15.0. The monoisotopic (exact) mass is 362 g/mol. The first-order valence-corrected chi connectivity index (χ1v) is 8.74. The highest BCUT2D eigenvalue weighted by atomic mass is 16.4. The van der Waals surface area contributed by atoms with Crippen molar-refractivity contribution in [2.45, 2.75) is 19.8 Å². The zero-order valence-corrected chi connectivity index (χ0v) is 15.0. The van der Waals surface area contributed by atoms with E-state index in [4.69, 9.17) is 5.11 Å². The van der Waals surface area contributed by atoms with Crippen LogP contribution in [-0.2, 0) is 9.59 Å². The Hall–Kier alpha value is -2.61. The molecule has 1 aliphatic rings. The quantitative estimate of drug-likeness (QED) is 0.579. The molecule has 0 aliphatic carbocycles. The average molecular weight is 362 g/mol. The standard InChI is InChI=1S/C18H26N4O4/c1-13-4-6-15(7-5-13)21-18(26)20-9-14-3-2-8-22(11-14)12-16(23)19-10-17(24)25/h4-7,14H,2-3,8-12H2,1H3,(H,19,23)(H,24,25)(H2,20,21,26). The van der Waals surface area contributed by atoms with Crippen LogP contribution in [0.25, 0.3) is 0 Å². The van der Waals surface area contributed by atoms with Crippen molar-refractivity contribution < 1.29 is 19.5 Å². The molecule has 8 nitrogen and oxygen atoms in total. The molecule has 1 aliphatic heterocycles. The number of nitrogens with zero attached hydrogens (tertiary/aromatic N) is 1. The van der Waals surface area contributed by atoms with E-state index in [1.807, 2.05) is 36.1 Å². The molecule has 2 rings (SSSR count). The van der Waals surface area contributed by atoms with Gasteiger partial charge in [0.25, 0.3) is 0 Å². The van der Waals surface area contributed by atoms with Gasteiger partial charge < -0.3 is 21.1 Å². The van der Waals surface area contributed by atoms with Gasteiger partial charge in [0, 0.05) is 18.8 Å². The number of urea groups is 1. The van der Waals surface area contributed by atoms with Crippen LogP contribution in [0.15, 0.2) is 24.3 Å². The highest BCUT2D eigenvalue weighted by Gasteiger charge is 2.22. The molecule has 3 amide bonds. The molecule has 0 spiro atoms. The lowest BCUT2D eigenvalue weighted by Crippen LogP contribution is -2.46. The number of carbonyl (C=O) groups is 3. The van der Waals surface area contributed by atoms with E-state index in [0.717, 1.165) is 30.6 Å². The number of aliphatic carboxylic acids is 1. The van der Waals surface area contributed by atoms with E-state index in [1.54, 1.807) is 0 Å². The lowest BCUT2D eigenvalue weighted by Gasteiger charge is -2.32. The number of hydrogen-bond donors (Lipinski definition) is 4. The third-order valence-electron chi connectivity index (χ3n) is 4.27. The number of carbonyl (C=O) groups excluding carboxylic acids is 2. The molecule has 8 heteroatoms. The van der Waals surface area contributed by atoms with Crippen LogP contribution >= 0.6 is 0 Å². The van der Waals surface area contributed by atoms with Gasteiger partial charge in [0.15, 0.2) is 0 Å². The third kappa shape index (κ3) is 7.10. The Labute approximate surface area is 152 Å². The molecule has 0 bridgehead atoms. The second-order valence-corrected chi connectivity index (χ2v) is 6.61. The molecule has 0 radical (unpaired) electrons. The first kappa shape index (κ1) is 19.7. The number of anilines is 1. The van der Waals surface area contributed by atoms with Crippen molar-refractivity contribution in [1.29, 1.82) is 0 Å². The normalized spacial score (nSPS) is 17.3. The number of hydrogen-bond acceptors (Lipinski definition) is 4. The predicted molar refractivity (Wildman–Crippen MR) is 98.0 cm³/mol. The number of likely N-dealkylation sites (tertiary alicyclic amines) is 1. The summed E-state index contributed by atoms with van der Waals surface area (Å²) in [4.78, 5) is 36.2. The molecule has 0 saturated carbocycles. The second kappa shape index (κ2) is 9.76. The Balaban J connectivity index is 1.70. The summed E-state index contributed by atoms with van der Waals surface area (Å²) in [6.07, 6.45) is 1.93. The molecular formula is C18H26N4O4. The molecule has 1 unspecified atom stereocenters. The highest BCUT2D eigenvalue weighted by Crippen LogP contribution is 2.15. The first-order chi connectivity index (χ1) is 12.4. The van der Waals surface area contributed by atoms with Gasteiger partial charge in [-0.05, 0) is 44.4 Å². The molecule has 1 atom stereocenters. The minimum atomic E-state index is -1.06. The number of nitrogens with one attached hydrogen (secondary N) is 3. The van der Waals surface area contributed by atoms with Crippen LogP contribution in [0.4, 0.5) is 10.5 Å². The Bertz CT molecular complexity index is 633. The van der Waals surface area contributed by atoms with E-state index < -0.39 is 5.97 Å². The van der Waals surface area contributed by atoms with Crippen LogP contribution < -0.4 is 16.0 Å². The average Bonchev–Trinajstić information content (AvgIpc) is 2.60. The lowest BCUT2D eigenvalue weighted by molar-refractivity contribution is -0.138. The number of rotatable bonds is 7. The van der Waals surface area contributed by atoms with Crippen LogP contribution in [0.2, 0.25) is 0 Å². The maximum atomic E-state index is 12.0. The van der Waals surface area contributed by atoms with Crippen molar-refractivity contribution in [2.24, 2.45) is 5.92 Å². The van der Waals surface area contributed by atoms with E-state index in [2.05, 4.69) is 16.0 Å². The fraction of sp³-hybridized carbons (Fsp3) is 0.500. The van der Waals surface area contributed by atoms with Crippen molar-refractivity contribution in [3.8, 4) is 0 Å². The summed E-state index contributed by atoms with van der Waals surface area (Å²) in [5.41, 5.74) is 1.87. The summed E-state index contributed by atoms with van der Waals surface area (Å²) in [5, 5.41) is 16.6. The van der Waals surface area contributed by atoms with Crippen molar-refractivity contribution in [1.82, 2.24) is 15.5 Å². The topological polar surface area (TPSA) is 111 Å². The number of carboxylic acids is 1. The van der Waals surface area contributed by atoms with Gasteiger partial charge in [0.1, 0.15) is 6.54 Å². The summed E-state index contributed by atoms with van der Waals surface area (Å²) < 4.78 is 0. The van der Waals surface area contributed by atoms with Gasteiger partial charge in [-0.2, -0.15) is 0 Å². The minimum Gasteiger partial charge on any atom is -0.480 e. The van der Waals surface area contributed by atoms with Crippen molar-refractivity contribution in [3.05, 3.63) is 29.8 Å². The molecule has 0 aromatic heterocycles. The van der Waals surface area contributed by atoms with Crippen LogP contribution in [-0.4, -0.2) is 60.6 Å². The van der Waals surface area contributed by atoms with Gasteiger partial charge in [0.2, 0.25) is 5.91 Å². The predicted octanol–water partition coefficient (Wildman–Crippen LogP) is 1.03. The molecule has 1 aromatic rings. The number of amides is 3. The van der Waals surface area contributed by atoms with Crippen LogP contribution in [0, 0.1) is 12.8 Å². The van der Waals surface area contributed by atoms with Crippen LogP contribution in [0.3, 0.4) is 0 Å². The largest absolute Gasteiger partial charge is 0.480 e. The molecule has 142 valence electrons. The minimum absolute atomic E-state index is 0.180. The number of benzene rings is 1. The highest BCUT2D eigenvalue weighted by molar-refractivity contribution is 5.89. The van der Waals surface area contributed by atoms with E-state index in [1.165, 1.54) is 0 Å². The Kier molecular flexibility index (Phi) is 7.40. The van der Waals surface area contributed by atoms with E-state index in [9.17, 15) is 14.4 Å². The van der Waals surface area contributed by atoms with E-state index in [0.29, 0.717) is 13.1 Å². The van der Waals surface area contributed by atoms with Crippen molar-refractivity contribution in [3.63, 3.8) is 0 Å². The Morgan fingerprint density at radius 3 is 2.62 bits per heavy atom. The molecule has 1 saturated heterocycles. The summed E-state index contributed by atoms with van der Waals surface area (Å²) >= 11 is 0. The first-order valence-electron chi connectivity index (χ1n) is 8.74. The second-order valence-electron chi connectivity index (χ2n) is 6.61. The zero-order chi connectivity index (χ0) is 18.9. The van der Waals surface area contributed by atoms with Gasteiger partial charge in [-0.1, -0.05) is 17.7 Å². The fourth-order valence-corrected chi connectivity index (χ4v) is 2.94. The smallest absolute Gasteiger partial charge is 0.322 e. The van der Waals surface area contributed by atoms with E-state index >= 15 is 0 Å². The summed E-state index contributed by atoms with van der Waals surface area (Å²) in [5.74, 6) is -1.09. The summed E-state index contributed by atoms with van der Waals surface area (Å²) in [6.45, 7) is 3.83. The molecule has 4 N–H and O–H groups in total. The van der Waals surface area contributed by atoms with Gasteiger partial charge in [0.05, 0.1) is 6.54 Å². The fourth-order valence-electron chi connectivity index (χ4n) is 2.94. The van der Waals surface area contributed by atoms with Crippen LogP contribution in [0.5, 0.6) is 0 Å². The lowest BCUT2D eigenvalue weighted by atomic mass is 9.98. The Morgan fingerprint density at radius 1 is 1.19 bits per heavy atom. The molecule has 1 aromatic carbocycles. The van der Waals surface area contributed by atoms with Gasteiger partial charge in [-0.25, -0.2) is 4.79 Å². The maximum Gasteiger partial charge on any atom is 0.322 e. The van der Waals surface area contributed by atoms with E-state index in [-0.39, 0.29) is 30.9 Å². The van der Waals surface area contributed by atoms with Gasteiger partial charge in [-0.3, -0.25) is 14.5 Å². The summed E-state index contributed by atoms with van der Waals surface area (Å²) in [6, 6.07) is 7.33. The number of piperidine rings is 1. The van der Waals surface area contributed by atoms with Crippen LogP contribution in [0.1, 0.15) is 18.4 Å². The van der Waals surface area contributed by atoms with Crippen molar-refractivity contribution in [2.75, 3.05) is 38.0 Å².